The van der Waals surface area contributed by atoms with Gasteiger partial charge in [0, 0.05) is 43.9 Å². The molecule has 210 valence electrons. The molecule has 0 aliphatic carbocycles. The summed E-state index contributed by atoms with van der Waals surface area (Å²) in [6.07, 6.45) is 0.668. The molecule has 1 aromatic heterocycles. The molecule has 0 saturated carbocycles. The summed E-state index contributed by atoms with van der Waals surface area (Å²) in [6.45, 7) is 4.19. The fraction of sp³-hybridized carbons (Fsp3) is 0.310. The molecule has 5 rings (SSSR count). The van der Waals surface area contributed by atoms with E-state index in [1.54, 1.807) is 14.2 Å². The van der Waals surface area contributed by atoms with Gasteiger partial charge in [0.2, 0.25) is 10.0 Å². The molecule has 0 unspecified atom stereocenters. The van der Waals surface area contributed by atoms with Crippen LogP contribution in [0.4, 0.5) is 0 Å². The molecule has 9 nitrogen and oxygen atoms in total. The number of sulfonamides is 1. The molecule has 0 N–H and O–H groups in total. The van der Waals surface area contributed by atoms with E-state index in [2.05, 4.69) is 4.99 Å². The van der Waals surface area contributed by atoms with Crippen molar-refractivity contribution in [1.82, 2.24) is 8.87 Å². The Morgan fingerprint density at radius 1 is 1.00 bits per heavy atom. The lowest BCUT2D eigenvalue weighted by atomic mass is 10.0. The highest BCUT2D eigenvalue weighted by Crippen LogP contribution is 2.33. The number of aromatic nitrogens is 1. The molecule has 40 heavy (non-hydrogen) atoms. The van der Waals surface area contributed by atoms with Crippen LogP contribution in [0.3, 0.4) is 0 Å². The minimum Gasteiger partial charge on any atom is -0.493 e. The number of methoxy groups -OCH3 is 2. The molecule has 0 atom stereocenters. The van der Waals surface area contributed by atoms with Crippen LogP contribution in [0.1, 0.15) is 28.4 Å². The largest absolute Gasteiger partial charge is 0.493 e. The summed E-state index contributed by atoms with van der Waals surface area (Å²) in [5.41, 5.74) is 3.33. The highest BCUT2D eigenvalue weighted by molar-refractivity contribution is 7.89. The van der Waals surface area contributed by atoms with Gasteiger partial charge in [-0.05, 0) is 48.7 Å². The second kappa shape index (κ2) is 11.9. The molecule has 11 heteroatoms. The maximum Gasteiger partial charge on any atom is 0.279 e. The van der Waals surface area contributed by atoms with Gasteiger partial charge in [-0.1, -0.05) is 35.6 Å². The maximum atomic E-state index is 13.3. The van der Waals surface area contributed by atoms with Gasteiger partial charge < -0.3 is 18.8 Å². The quantitative estimate of drug-likeness (QED) is 0.274. The number of thiazole rings is 1. The van der Waals surface area contributed by atoms with Gasteiger partial charge in [0.1, 0.15) is 0 Å². The Labute approximate surface area is 237 Å². The second-order valence-electron chi connectivity index (χ2n) is 9.21. The van der Waals surface area contributed by atoms with E-state index in [0.717, 1.165) is 15.8 Å². The van der Waals surface area contributed by atoms with Crippen LogP contribution in [0.5, 0.6) is 11.5 Å². The van der Waals surface area contributed by atoms with Gasteiger partial charge in [-0.15, -0.1) is 0 Å². The molecule has 4 aromatic rings. The summed E-state index contributed by atoms with van der Waals surface area (Å²) >= 11 is 1.36. The third-order valence-electron chi connectivity index (χ3n) is 6.88. The number of fused-ring (bicyclic) bond motifs is 2. The van der Waals surface area contributed by atoms with Crippen LogP contribution in [0.25, 0.3) is 10.2 Å². The molecule has 3 aromatic carbocycles. The van der Waals surface area contributed by atoms with Crippen molar-refractivity contribution in [2.24, 2.45) is 4.99 Å². The fourth-order valence-corrected chi connectivity index (χ4v) is 7.23. The minimum absolute atomic E-state index is 0.149. The van der Waals surface area contributed by atoms with Crippen LogP contribution >= 0.6 is 11.3 Å². The van der Waals surface area contributed by atoms with Crippen LogP contribution in [0.15, 0.2) is 70.6 Å². The molecule has 0 spiro atoms. The van der Waals surface area contributed by atoms with E-state index in [0.29, 0.717) is 61.1 Å². The lowest BCUT2D eigenvalue weighted by molar-refractivity contribution is 0.0996. The van der Waals surface area contributed by atoms with Crippen LogP contribution in [0, 0.1) is 0 Å². The molecule has 1 amide bonds. The van der Waals surface area contributed by atoms with Gasteiger partial charge in [0.05, 0.1) is 35.9 Å². The van der Waals surface area contributed by atoms with Crippen LogP contribution in [0.2, 0.25) is 0 Å². The molecule has 0 radical (unpaired) electrons. The normalized spacial score (nSPS) is 14.3. The van der Waals surface area contributed by atoms with Crippen molar-refractivity contribution in [3.8, 4) is 11.5 Å². The molecule has 0 bridgehead atoms. The first-order chi connectivity index (χ1) is 19.3. The fourth-order valence-electron chi connectivity index (χ4n) is 4.74. The summed E-state index contributed by atoms with van der Waals surface area (Å²) in [5, 5.41) is 0. The lowest BCUT2D eigenvalue weighted by Crippen LogP contribution is -2.35. The average Bonchev–Trinajstić information content (AvgIpc) is 3.31. The monoisotopic (exact) mass is 581 g/mol. The third kappa shape index (κ3) is 5.55. The number of nitrogens with zero attached hydrogens (tertiary/aromatic N) is 3. The van der Waals surface area contributed by atoms with E-state index in [4.69, 9.17) is 14.2 Å². The van der Waals surface area contributed by atoms with Gasteiger partial charge in [0.25, 0.3) is 5.91 Å². The molecular formula is C29H31N3O6S2. The zero-order chi connectivity index (χ0) is 28.3. The van der Waals surface area contributed by atoms with E-state index in [-0.39, 0.29) is 4.90 Å². The first kappa shape index (κ1) is 28.0. The van der Waals surface area contributed by atoms with Crippen LogP contribution in [-0.2, 0) is 34.3 Å². The summed E-state index contributed by atoms with van der Waals surface area (Å²) < 4.78 is 47.4. The molecule has 2 heterocycles. The van der Waals surface area contributed by atoms with Gasteiger partial charge in [-0.25, -0.2) is 8.42 Å². The zero-order valence-corrected chi connectivity index (χ0v) is 24.3. The number of hydrogen-bond donors (Lipinski definition) is 0. The molecule has 1 aliphatic rings. The summed E-state index contributed by atoms with van der Waals surface area (Å²) in [7, 11) is -0.559. The summed E-state index contributed by atoms with van der Waals surface area (Å²) in [4.78, 5) is 18.3. The molecule has 0 saturated heterocycles. The first-order valence-corrected chi connectivity index (χ1v) is 15.2. The van der Waals surface area contributed by atoms with Crippen molar-refractivity contribution in [2.75, 3.05) is 34.0 Å². The standard InChI is InChI=1S/C29H31N3O6S2/c1-4-38-16-15-32-24-17-25(36-2)26(37-3)18-27(24)39-29(32)30-28(33)21-9-11-23(12-10-21)40(34,35)31-14-13-20-7-5-6-8-22(20)19-31/h5-12,17-18H,4,13-16,19H2,1-3H3. The molecular weight excluding hydrogens is 550 g/mol. The predicted octanol–water partition coefficient (Wildman–Crippen LogP) is 4.24. The Morgan fingerprint density at radius 3 is 2.40 bits per heavy atom. The van der Waals surface area contributed by atoms with E-state index >= 15 is 0 Å². The van der Waals surface area contributed by atoms with Crippen molar-refractivity contribution in [1.29, 1.82) is 0 Å². The smallest absolute Gasteiger partial charge is 0.279 e. The number of hydrogen-bond acceptors (Lipinski definition) is 7. The molecule has 0 fully saturated rings. The van der Waals surface area contributed by atoms with E-state index in [1.807, 2.05) is 47.9 Å². The number of carbonyl (C=O) groups excluding carboxylic acids is 1. The Bertz CT molecular complexity index is 1710. The Kier molecular flexibility index (Phi) is 8.36. The van der Waals surface area contributed by atoms with Crippen LogP contribution in [-0.4, -0.2) is 57.2 Å². The molecule has 1 aliphatic heterocycles. The van der Waals surface area contributed by atoms with Gasteiger partial charge in [-0.3, -0.25) is 4.79 Å². The third-order valence-corrected chi connectivity index (χ3v) is 9.78. The van der Waals surface area contributed by atoms with Crippen molar-refractivity contribution in [2.45, 2.75) is 31.3 Å². The summed E-state index contributed by atoms with van der Waals surface area (Å²) in [5.74, 6) is 0.691. The number of benzene rings is 3. The topological polar surface area (TPSA) is 99.4 Å². The van der Waals surface area contributed by atoms with E-state index < -0.39 is 15.9 Å². The van der Waals surface area contributed by atoms with E-state index in [9.17, 15) is 13.2 Å². The highest BCUT2D eigenvalue weighted by Gasteiger charge is 2.28. The zero-order valence-electron chi connectivity index (χ0n) is 22.6. The van der Waals surface area contributed by atoms with Crippen molar-refractivity contribution in [3.05, 3.63) is 82.2 Å². The SMILES string of the molecule is CCOCCn1c(=NC(=O)c2ccc(S(=O)(=O)N3CCc4ccccc4C3)cc2)sc2cc(OC)c(OC)cc21. The second-order valence-corrected chi connectivity index (χ2v) is 12.2. The van der Waals surface area contributed by atoms with Crippen molar-refractivity contribution in [3.63, 3.8) is 0 Å². The average molecular weight is 582 g/mol. The lowest BCUT2D eigenvalue weighted by Gasteiger charge is -2.28. The van der Waals surface area contributed by atoms with Gasteiger partial charge in [0.15, 0.2) is 16.3 Å². The Hall–Kier alpha value is -3.51. The Balaban J connectivity index is 1.44. The highest BCUT2D eigenvalue weighted by atomic mass is 32.2. The summed E-state index contributed by atoms with van der Waals surface area (Å²) in [6, 6.07) is 17.6. The predicted molar refractivity (Wildman–Crippen MR) is 153 cm³/mol. The van der Waals surface area contributed by atoms with Gasteiger partial charge in [-0.2, -0.15) is 9.30 Å². The van der Waals surface area contributed by atoms with E-state index in [1.165, 1.54) is 45.5 Å². The maximum absolute atomic E-state index is 13.3. The number of ether oxygens (including phenoxy) is 3. The van der Waals surface area contributed by atoms with Crippen LogP contribution < -0.4 is 14.3 Å². The minimum atomic E-state index is -3.70. The number of rotatable bonds is 9. The van der Waals surface area contributed by atoms with Crippen molar-refractivity contribution >= 4 is 37.5 Å². The number of carbonyl (C=O) groups is 1. The Morgan fingerprint density at radius 2 is 1.70 bits per heavy atom. The number of amides is 1. The first-order valence-electron chi connectivity index (χ1n) is 12.9. The van der Waals surface area contributed by atoms with Crippen molar-refractivity contribution < 1.29 is 27.4 Å². The van der Waals surface area contributed by atoms with Gasteiger partial charge >= 0.3 is 0 Å².